The van der Waals surface area contributed by atoms with Gasteiger partial charge in [-0.05, 0) is 18.2 Å². The molecule has 0 spiro atoms. The average Bonchev–Trinajstić information content (AvgIpc) is 2.62. The summed E-state index contributed by atoms with van der Waals surface area (Å²) >= 11 is 0. The van der Waals surface area contributed by atoms with Gasteiger partial charge in [0.1, 0.15) is 11.9 Å². The molecule has 2 heterocycles. The van der Waals surface area contributed by atoms with Gasteiger partial charge in [-0.3, -0.25) is 9.59 Å². The summed E-state index contributed by atoms with van der Waals surface area (Å²) < 4.78 is 7.52. The topological polar surface area (TPSA) is 51.5 Å². The van der Waals surface area contributed by atoms with Crippen LogP contribution in [0.15, 0.2) is 59.5 Å². The van der Waals surface area contributed by atoms with Gasteiger partial charge in [0.05, 0.1) is 0 Å². The summed E-state index contributed by atoms with van der Waals surface area (Å²) in [6, 6.07) is 14.8. The molecular weight excluding hydrogens is 304 g/mol. The quantitative estimate of drug-likeness (QED) is 0.847. The van der Waals surface area contributed by atoms with E-state index in [-0.39, 0.29) is 17.6 Å². The molecule has 0 bridgehead atoms. The number of hydrogen-bond donors (Lipinski definition) is 0. The fourth-order valence-corrected chi connectivity index (χ4v) is 2.93. The summed E-state index contributed by atoms with van der Waals surface area (Å²) in [5, 5.41) is 0. The van der Waals surface area contributed by atoms with E-state index < -0.39 is 0 Å². The highest BCUT2D eigenvalue weighted by Crippen LogP contribution is 2.19. The maximum absolute atomic E-state index is 12.3. The molecule has 126 valence electrons. The second-order valence-electron chi connectivity index (χ2n) is 5.99. The number of piperidine rings is 1. The normalized spacial score (nSPS) is 15.2. The number of carbonyl (C=O) groups excluding carboxylic acids is 1. The van der Waals surface area contributed by atoms with Crippen LogP contribution in [0.25, 0.3) is 0 Å². The number of nitrogens with zero attached hydrogens (tertiary/aromatic N) is 2. The number of pyridine rings is 1. The van der Waals surface area contributed by atoms with Gasteiger partial charge >= 0.3 is 0 Å². The Morgan fingerprint density at radius 1 is 1.04 bits per heavy atom. The molecule has 1 fully saturated rings. The molecule has 1 aromatic heterocycles. The molecule has 0 unspecified atom stereocenters. The second-order valence-corrected chi connectivity index (χ2v) is 5.99. The molecule has 2 aromatic rings. The van der Waals surface area contributed by atoms with Crippen molar-refractivity contribution >= 4 is 5.91 Å². The van der Waals surface area contributed by atoms with E-state index in [4.69, 9.17) is 4.74 Å². The molecule has 1 saturated heterocycles. The van der Waals surface area contributed by atoms with E-state index in [1.807, 2.05) is 35.2 Å². The SMILES string of the molecule is O=C(CCn1ccccc1=O)N1CCC(Oc2ccccc2)CC1. The lowest BCUT2D eigenvalue weighted by molar-refractivity contribution is -0.133. The van der Waals surface area contributed by atoms with Crippen LogP contribution >= 0.6 is 0 Å². The largest absolute Gasteiger partial charge is 0.490 e. The van der Waals surface area contributed by atoms with Crippen molar-refractivity contribution in [1.82, 2.24) is 9.47 Å². The molecule has 1 aromatic carbocycles. The molecule has 5 heteroatoms. The number of para-hydroxylation sites is 1. The van der Waals surface area contributed by atoms with Crippen LogP contribution in [-0.2, 0) is 11.3 Å². The summed E-state index contributed by atoms with van der Waals surface area (Å²) in [5.74, 6) is 0.981. The van der Waals surface area contributed by atoms with E-state index in [9.17, 15) is 9.59 Å². The maximum Gasteiger partial charge on any atom is 0.250 e. The Hall–Kier alpha value is -2.56. The van der Waals surface area contributed by atoms with Crippen molar-refractivity contribution in [3.63, 3.8) is 0 Å². The lowest BCUT2D eigenvalue weighted by Gasteiger charge is -2.32. The smallest absolute Gasteiger partial charge is 0.250 e. The molecule has 1 aliphatic rings. The molecule has 0 atom stereocenters. The number of aromatic nitrogens is 1. The lowest BCUT2D eigenvalue weighted by atomic mass is 10.1. The highest BCUT2D eigenvalue weighted by atomic mass is 16.5. The summed E-state index contributed by atoms with van der Waals surface area (Å²) in [7, 11) is 0. The van der Waals surface area contributed by atoms with Crippen molar-refractivity contribution < 1.29 is 9.53 Å². The van der Waals surface area contributed by atoms with Crippen LogP contribution in [0.3, 0.4) is 0 Å². The van der Waals surface area contributed by atoms with E-state index >= 15 is 0 Å². The van der Waals surface area contributed by atoms with Crippen LogP contribution in [0.4, 0.5) is 0 Å². The minimum absolute atomic E-state index is 0.0692. The highest BCUT2D eigenvalue weighted by Gasteiger charge is 2.23. The number of carbonyl (C=O) groups is 1. The van der Waals surface area contributed by atoms with E-state index in [0.717, 1.165) is 18.6 Å². The third-order valence-corrected chi connectivity index (χ3v) is 4.31. The van der Waals surface area contributed by atoms with Gasteiger partial charge in [-0.2, -0.15) is 0 Å². The number of aryl methyl sites for hydroxylation is 1. The molecule has 0 aliphatic carbocycles. The first-order valence-electron chi connectivity index (χ1n) is 8.37. The Morgan fingerprint density at radius 2 is 1.75 bits per heavy atom. The molecule has 0 saturated carbocycles. The Balaban J connectivity index is 1.45. The number of hydrogen-bond acceptors (Lipinski definition) is 3. The van der Waals surface area contributed by atoms with Crippen molar-refractivity contribution in [2.45, 2.75) is 31.9 Å². The van der Waals surface area contributed by atoms with E-state index in [1.165, 1.54) is 6.07 Å². The third-order valence-electron chi connectivity index (χ3n) is 4.31. The van der Waals surface area contributed by atoms with E-state index in [1.54, 1.807) is 22.9 Å². The molecule has 24 heavy (non-hydrogen) atoms. The second kappa shape index (κ2) is 7.81. The van der Waals surface area contributed by atoms with Crippen LogP contribution in [-0.4, -0.2) is 34.6 Å². The number of ether oxygens (including phenoxy) is 1. The van der Waals surface area contributed by atoms with Gasteiger partial charge in [-0.1, -0.05) is 24.3 Å². The molecule has 1 amide bonds. The zero-order valence-electron chi connectivity index (χ0n) is 13.6. The van der Waals surface area contributed by atoms with Crippen molar-refractivity contribution in [2.24, 2.45) is 0 Å². The molecular formula is C19H22N2O3. The van der Waals surface area contributed by atoms with Gasteiger partial charge < -0.3 is 14.2 Å². The monoisotopic (exact) mass is 326 g/mol. The number of amides is 1. The van der Waals surface area contributed by atoms with Gasteiger partial charge in [0.2, 0.25) is 5.91 Å². The van der Waals surface area contributed by atoms with Gasteiger partial charge in [-0.15, -0.1) is 0 Å². The first-order valence-corrected chi connectivity index (χ1v) is 8.37. The highest BCUT2D eigenvalue weighted by molar-refractivity contribution is 5.76. The third kappa shape index (κ3) is 4.25. The Labute approximate surface area is 141 Å². The summed E-state index contributed by atoms with van der Waals surface area (Å²) in [6.45, 7) is 1.85. The predicted octanol–water partition coefficient (Wildman–Crippen LogP) is 2.31. The minimum atomic E-state index is -0.0692. The van der Waals surface area contributed by atoms with Crippen LogP contribution in [0.1, 0.15) is 19.3 Å². The van der Waals surface area contributed by atoms with Crippen molar-refractivity contribution in [2.75, 3.05) is 13.1 Å². The number of rotatable bonds is 5. The summed E-state index contributed by atoms with van der Waals surface area (Å²) in [4.78, 5) is 25.8. The fraction of sp³-hybridized carbons (Fsp3) is 0.368. The van der Waals surface area contributed by atoms with Crippen LogP contribution < -0.4 is 10.3 Å². The molecule has 0 radical (unpaired) electrons. The average molecular weight is 326 g/mol. The Morgan fingerprint density at radius 3 is 2.46 bits per heavy atom. The number of likely N-dealkylation sites (tertiary alicyclic amines) is 1. The van der Waals surface area contributed by atoms with E-state index in [0.29, 0.717) is 26.1 Å². The van der Waals surface area contributed by atoms with Gasteiger partial charge in [0.25, 0.3) is 5.56 Å². The zero-order chi connectivity index (χ0) is 16.8. The molecule has 5 nitrogen and oxygen atoms in total. The van der Waals surface area contributed by atoms with Crippen molar-refractivity contribution in [3.05, 3.63) is 65.1 Å². The maximum atomic E-state index is 12.3. The molecule has 1 aliphatic heterocycles. The Bertz CT molecular complexity index is 719. The first kappa shape index (κ1) is 16.3. The van der Waals surface area contributed by atoms with Crippen molar-refractivity contribution in [3.8, 4) is 5.75 Å². The van der Waals surface area contributed by atoms with Crippen LogP contribution in [0.5, 0.6) is 5.75 Å². The summed E-state index contributed by atoms with van der Waals surface area (Å²) in [6.07, 6.45) is 3.91. The van der Waals surface area contributed by atoms with Gasteiger partial charge in [0, 0.05) is 51.2 Å². The van der Waals surface area contributed by atoms with Gasteiger partial charge in [-0.25, -0.2) is 0 Å². The fourth-order valence-electron chi connectivity index (χ4n) is 2.93. The Kier molecular flexibility index (Phi) is 5.31. The number of benzene rings is 1. The predicted molar refractivity (Wildman–Crippen MR) is 92.0 cm³/mol. The first-order chi connectivity index (χ1) is 11.7. The van der Waals surface area contributed by atoms with Gasteiger partial charge in [0.15, 0.2) is 0 Å². The minimum Gasteiger partial charge on any atom is -0.490 e. The standard InChI is InChI=1S/C19H22N2O3/c22-18-8-4-5-12-20(18)15-11-19(23)21-13-9-17(10-14-21)24-16-6-2-1-3-7-16/h1-8,12,17H,9-11,13-15H2. The van der Waals surface area contributed by atoms with Crippen LogP contribution in [0.2, 0.25) is 0 Å². The lowest BCUT2D eigenvalue weighted by Crippen LogP contribution is -2.42. The molecule has 0 N–H and O–H groups in total. The van der Waals surface area contributed by atoms with Crippen LogP contribution in [0, 0.1) is 0 Å². The van der Waals surface area contributed by atoms with Crippen molar-refractivity contribution in [1.29, 1.82) is 0 Å². The summed E-state index contributed by atoms with van der Waals surface area (Å²) in [5.41, 5.74) is -0.0692. The zero-order valence-corrected chi connectivity index (χ0v) is 13.6. The van der Waals surface area contributed by atoms with E-state index in [2.05, 4.69) is 0 Å². The molecule has 3 rings (SSSR count).